The third-order valence-corrected chi connectivity index (χ3v) is 3.65. The minimum atomic E-state index is -0.944. The van der Waals surface area contributed by atoms with Crippen LogP contribution in [0.4, 0.5) is 0 Å². The number of fused-ring (bicyclic) bond motifs is 5. The van der Waals surface area contributed by atoms with Gasteiger partial charge in [0.05, 0.1) is 12.2 Å². The van der Waals surface area contributed by atoms with Crippen LogP contribution in [0.2, 0.25) is 0 Å². The molecule has 3 heterocycles. The first-order valence-electron chi connectivity index (χ1n) is 5.78. The Bertz CT molecular complexity index is 286. The second-order valence-corrected chi connectivity index (χ2v) is 4.55. The zero-order valence-corrected chi connectivity index (χ0v) is 13.9. The monoisotopic (exact) mass is 283 g/mol. The number of hydrogen-bond acceptors (Lipinski definition) is 6. The van der Waals surface area contributed by atoms with Crippen LogP contribution in [-0.4, -0.2) is 69.8 Å². The van der Waals surface area contributed by atoms with Gasteiger partial charge in [-0.25, -0.2) is 0 Å². The van der Waals surface area contributed by atoms with Gasteiger partial charge >= 0.3 is 29.6 Å². The Hall–Kier alpha value is 0.825. The van der Waals surface area contributed by atoms with Crippen LogP contribution >= 0.6 is 0 Å². The van der Waals surface area contributed by atoms with E-state index in [0.29, 0.717) is 0 Å². The normalized spacial score (nSPS) is 45.6. The number of ether oxygens (including phenoxy) is 4. The minimum absolute atomic E-state index is 0. The van der Waals surface area contributed by atoms with Gasteiger partial charge in [0.1, 0.15) is 12.2 Å². The quantitative estimate of drug-likeness (QED) is 0.506. The third-order valence-electron chi connectivity index (χ3n) is 3.65. The molecular formula is C11H21BNaO6. The molecule has 2 N–H and O–H groups in total. The Balaban J connectivity index is 0. The van der Waals surface area contributed by atoms with E-state index in [1.807, 2.05) is 0 Å². The van der Waals surface area contributed by atoms with E-state index < -0.39 is 5.97 Å². The van der Waals surface area contributed by atoms with Crippen molar-refractivity contribution in [3.8, 4) is 0 Å². The minimum Gasteiger partial charge on any atom is -1.00 e. The number of rotatable bonds is 2. The van der Waals surface area contributed by atoms with Gasteiger partial charge in [-0.1, -0.05) is 0 Å². The van der Waals surface area contributed by atoms with Gasteiger partial charge in [-0.15, -0.1) is 0 Å². The zero-order valence-electron chi connectivity index (χ0n) is 12.9. The van der Waals surface area contributed by atoms with Gasteiger partial charge in [-0.2, -0.15) is 0 Å². The van der Waals surface area contributed by atoms with Crippen LogP contribution in [0.5, 0.6) is 0 Å². The SMILES string of the molecule is CO.COC1(C)OC2C3CC(CO)[C@H](O3)[C@H]2O1.[B].[H-].[Na+]. The van der Waals surface area contributed by atoms with Crippen molar-refractivity contribution in [2.75, 3.05) is 20.8 Å². The average molecular weight is 283 g/mol. The van der Waals surface area contributed by atoms with Crippen molar-refractivity contribution in [1.82, 2.24) is 0 Å². The smallest absolute Gasteiger partial charge is 1.00 e. The standard InChI is InChI=1S/C10H16O5.CH4O.B.Na.H/c1-10(12-2)14-8-6-3-5(4-11)7(13-6)9(8)15-10;1-2;;;/h5-9,11H,3-4H2,1-2H3;2H,1H3;;;/q;;;+1;-1/t5?,6?,7-,8?,9+,10?;;;;/m0..../s1. The predicted molar refractivity (Wildman–Crippen MR) is 64.0 cm³/mol. The fourth-order valence-corrected chi connectivity index (χ4v) is 2.83. The number of methoxy groups -OCH3 is 1. The average Bonchev–Trinajstić information content (AvgIpc) is 3.00. The van der Waals surface area contributed by atoms with Crippen molar-refractivity contribution < 1.29 is 60.1 Å². The van der Waals surface area contributed by atoms with Crippen LogP contribution in [0.1, 0.15) is 14.8 Å². The topological polar surface area (TPSA) is 77.4 Å². The molecule has 2 bridgehead atoms. The summed E-state index contributed by atoms with van der Waals surface area (Å²) in [6.07, 6.45) is 0.732. The van der Waals surface area contributed by atoms with Crippen LogP contribution in [0.15, 0.2) is 0 Å². The van der Waals surface area contributed by atoms with E-state index in [1.54, 1.807) is 14.0 Å². The van der Waals surface area contributed by atoms with Crippen molar-refractivity contribution in [3.63, 3.8) is 0 Å². The Morgan fingerprint density at radius 1 is 1.26 bits per heavy atom. The van der Waals surface area contributed by atoms with E-state index in [2.05, 4.69) is 0 Å². The Morgan fingerprint density at radius 2 is 1.84 bits per heavy atom. The molecule has 3 rings (SSSR count). The number of hydrogen-bond donors (Lipinski definition) is 2. The van der Waals surface area contributed by atoms with E-state index in [0.717, 1.165) is 13.5 Å². The molecule has 8 heteroatoms. The van der Waals surface area contributed by atoms with Gasteiger partial charge in [0.25, 0.3) is 5.97 Å². The van der Waals surface area contributed by atoms with Gasteiger partial charge < -0.3 is 30.6 Å². The second-order valence-electron chi connectivity index (χ2n) is 4.55. The summed E-state index contributed by atoms with van der Waals surface area (Å²) in [7, 11) is 2.56. The van der Waals surface area contributed by atoms with E-state index in [1.165, 1.54) is 0 Å². The molecule has 4 unspecified atom stereocenters. The summed E-state index contributed by atoms with van der Waals surface area (Å²) in [5.74, 6) is -0.765. The summed E-state index contributed by atoms with van der Waals surface area (Å²) in [5, 5.41) is 16.2. The molecule has 3 fully saturated rings. The summed E-state index contributed by atoms with van der Waals surface area (Å²) in [6.45, 7) is 1.91. The Labute approximate surface area is 139 Å². The van der Waals surface area contributed by atoms with Gasteiger partial charge in [0.15, 0.2) is 0 Å². The molecule has 0 spiro atoms. The summed E-state index contributed by atoms with van der Waals surface area (Å²) in [5.41, 5.74) is 0. The molecule has 19 heavy (non-hydrogen) atoms. The van der Waals surface area contributed by atoms with E-state index >= 15 is 0 Å². The first-order chi connectivity index (χ1) is 8.17. The predicted octanol–water partition coefficient (Wildman–Crippen LogP) is -3.79. The summed E-state index contributed by atoms with van der Waals surface area (Å²) in [6, 6.07) is 0. The maximum atomic E-state index is 9.19. The summed E-state index contributed by atoms with van der Waals surface area (Å²) >= 11 is 0. The van der Waals surface area contributed by atoms with Crippen LogP contribution in [0.25, 0.3) is 0 Å². The maximum absolute atomic E-state index is 9.19. The molecule has 3 aliphatic heterocycles. The molecule has 3 radical (unpaired) electrons. The fraction of sp³-hybridized carbons (Fsp3) is 1.00. The van der Waals surface area contributed by atoms with E-state index in [-0.39, 0.29) is 76.3 Å². The number of aliphatic hydroxyl groups excluding tert-OH is 2. The van der Waals surface area contributed by atoms with E-state index in [9.17, 15) is 5.11 Å². The van der Waals surface area contributed by atoms with Crippen LogP contribution in [-0.2, 0) is 18.9 Å². The van der Waals surface area contributed by atoms with Crippen molar-refractivity contribution in [3.05, 3.63) is 0 Å². The third kappa shape index (κ3) is 3.36. The molecule has 3 aliphatic rings. The fourth-order valence-electron chi connectivity index (χ4n) is 2.83. The molecular weight excluding hydrogens is 262 g/mol. The van der Waals surface area contributed by atoms with Crippen LogP contribution < -0.4 is 29.6 Å². The van der Waals surface area contributed by atoms with Gasteiger partial charge in [-0.3, -0.25) is 0 Å². The molecule has 6 atom stereocenters. The summed E-state index contributed by atoms with van der Waals surface area (Å²) < 4.78 is 22.3. The first-order valence-corrected chi connectivity index (χ1v) is 5.78. The molecule has 0 aromatic rings. The largest absolute Gasteiger partial charge is 1.00 e. The van der Waals surface area contributed by atoms with Gasteiger partial charge in [0.2, 0.25) is 0 Å². The Kier molecular flexibility index (Phi) is 8.06. The molecule has 6 nitrogen and oxygen atoms in total. The number of aliphatic hydroxyl groups is 2. The van der Waals surface area contributed by atoms with Crippen molar-refractivity contribution in [2.24, 2.45) is 5.92 Å². The molecule has 3 saturated heterocycles. The van der Waals surface area contributed by atoms with Gasteiger partial charge in [-0.05, 0) is 6.42 Å². The van der Waals surface area contributed by atoms with Crippen molar-refractivity contribution >= 4 is 8.41 Å². The molecule has 0 aromatic heterocycles. The molecule has 0 amide bonds. The van der Waals surface area contributed by atoms with Crippen molar-refractivity contribution in [1.29, 1.82) is 0 Å². The first kappa shape index (κ1) is 19.8. The summed E-state index contributed by atoms with van der Waals surface area (Å²) in [4.78, 5) is 0. The Morgan fingerprint density at radius 3 is 2.37 bits per heavy atom. The molecule has 0 aromatic carbocycles. The molecule has 105 valence electrons. The van der Waals surface area contributed by atoms with Crippen LogP contribution in [0, 0.1) is 5.92 Å². The maximum Gasteiger partial charge on any atom is 1.00 e. The molecule has 0 aliphatic carbocycles. The molecule has 0 saturated carbocycles. The second kappa shape index (κ2) is 7.73. The zero-order chi connectivity index (χ0) is 12.6. The van der Waals surface area contributed by atoms with Crippen LogP contribution in [0.3, 0.4) is 0 Å². The van der Waals surface area contributed by atoms with Gasteiger partial charge in [0, 0.05) is 42.1 Å². The van der Waals surface area contributed by atoms with Crippen molar-refractivity contribution in [2.45, 2.75) is 43.7 Å². The van der Waals surface area contributed by atoms with E-state index in [4.69, 9.17) is 24.1 Å².